The number of para-hydroxylation sites is 3. The highest BCUT2D eigenvalue weighted by Crippen LogP contribution is 2.48. The Morgan fingerprint density at radius 2 is 0.964 bits per heavy atom. The van der Waals surface area contributed by atoms with E-state index in [0.717, 1.165) is 99.6 Å². The van der Waals surface area contributed by atoms with E-state index in [9.17, 15) is 0 Å². The number of anilines is 3. The van der Waals surface area contributed by atoms with Gasteiger partial charge in [-0.1, -0.05) is 127 Å². The number of benzene rings is 9. The summed E-state index contributed by atoms with van der Waals surface area (Å²) in [5.74, 6) is 0. The number of hydrogen-bond acceptors (Lipinski definition) is 4. The lowest BCUT2D eigenvalue weighted by molar-refractivity contribution is 0.664. The zero-order valence-electron chi connectivity index (χ0n) is 30.1. The third kappa shape index (κ3) is 4.66. The molecule has 0 aliphatic carbocycles. The highest BCUT2D eigenvalue weighted by atomic mass is 16.3. The Labute approximate surface area is 321 Å². The largest absolute Gasteiger partial charge is 0.456 e. The molecular weight excluding hydrogens is 687 g/mol. The fraction of sp³-hybridized carbons (Fsp3) is 0. The Hall–Kier alpha value is -7.56. The second kappa shape index (κ2) is 12.0. The SMILES string of the molecule is c1ccc(-c2ccc(N(c3ccc4c(c3)oc3c(-c5ccc6ccccc6c5)c5c(cc34)oc3ccccc35)c3cccc4c3oc3ccccc34)cc2)cc1. The Kier molecular flexibility index (Phi) is 6.60. The van der Waals surface area contributed by atoms with E-state index in [4.69, 9.17) is 13.3 Å². The van der Waals surface area contributed by atoms with Crippen molar-refractivity contribution in [2.45, 2.75) is 0 Å². The first-order valence-electron chi connectivity index (χ1n) is 18.9. The first-order chi connectivity index (χ1) is 27.7. The highest BCUT2D eigenvalue weighted by Gasteiger charge is 2.24. The van der Waals surface area contributed by atoms with Gasteiger partial charge in [-0.3, -0.25) is 0 Å². The molecule has 0 atom stereocenters. The minimum absolute atomic E-state index is 0.791. The molecular formula is C52H31NO3. The lowest BCUT2D eigenvalue weighted by Gasteiger charge is -2.25. The molecule has 12 rings (SSSR count). The molecule has 0 bridgehead atoms. The normalized spacial score (nSPS) is 11.9. The van der Waals surface area contributed by atoms with Crippen LogP contribution in [-0.4, -0.2) is 0 Å². The van der Waals surface area contributed by atoms with Gasteiger partial charge in [-0.2, -0.15) is 0 Å². The van der Waals surface area contributed by atoms with Gasteiger partial charge in [0, 0.05) is 49.6 Å². The summed E-state index contributed by atoms with van der Waals surface area (Å²) in [5, 5.41) is 8.70. The van der Waals surface area contributed by atoms with E-state index in [1.54, 1.807) is 0 Å². The molecule has 0 aliphatic heterocycles. The number of furan rings is 3. The van der Waals surface area contributed by atoms with Crippen molar-refractivity contribution in [1.82, 2.24) is 0 Å². The van der Waals surface area contributed by atoms with E-state index in [1.165, 1.54) is 16.3 Å². The van der Waals surface area contributed by atoms with Crippen LogP contribution in [0.4, 0.5) is 17.1 Å². The van der Waals surface area contributed by atoms with E-state index < -0.39 is 0 Å². The van der Waals surface area contributed by atoms with Gasteiger partial charge < -0.3 is 18.2 Å². The molecule has 0 unspecified atom stereocenters. The standard InChI is InChI=1S/C52H31NO3/c1-2-11-32(12-3-1)34-23-25-37(26-24-34)53(44-18-10-17-41-39-15-6-8-19-45(39)55-51(41)44)38-27-28-40-43-31-48-50(42-16-7-9-20-46(42)54-48)49(52(43)56-47(40)30-38)36-22-21-33-13-4-5-14-35(33)29-36/h1-31H. The summed E-state index contributed by atoms with van der Waals surface area (Å²) >= 11 is 0. The summed E-state index contributed by atoms with van der Waals surface area (Å²) < 4.78 is 20.2. The second-order valence-corrected chi connectivity index (χ2v) is 14.4. The van der Waals surface area contributed by atoms with Crippen LogP contribution < -0.4 is 4.90 Å². The van der Waals surface area contributed by atoms with Gasteiger partial charge in [0.1, 0.15) is 27.9 Å². The maximum absolute atomic E-state index is 7.06. The van der Waals surface area contributed by atoms with Gasteiger partial charge in [0.15, 0.2) is 5.58 Å². The molecule has 0 saturated heterocycles. The van der Waals surface area contributed by atoms with Gasteiger partial charge >= 0.3 is 0 Å². The molecule has 0 amide bonds. The van der Waals surface area contributed by atoms with Gasteiger partial charge in [0.05, 0.1) is 11.4 Å². The molecule has 0 aliphatic rings. The predicted molar refractivity (Wildman–Crippen MR) is 231 cm³/mol. The Morgan fingerprint density at radius 3 is 1.82 bits per heavy atom. The van der Waals surface area contributed by atoms with Crippen molar-refractivity contribution in [3.63, 3.8) is 0 Å². The minimum atomic E-state index is 0.791. The van der Waals surface area contributed by atoms with Crippen LogP contribution >= 0.6 is 0 Å². The second-order valence-electron chi connectivity index (χ2n) is 14.4. The van der Waals surface area contributed by atoms with Crippen molar-refractivity contribution in [2.24, 2.45) is 0 Å². The summed E-state index contributed by atoms with van der Waals surface area (Å²) in [6.45, 7) is 0. The fourth-order valence-electron chi connectivity index (χ4n) is 8.63. The van der Waals surface area contributed by atoms with E-state index in [0.29, 0.717) is 0 Å². The molecule has 4 heteroatoms. The van der Waals surface area contributed by atoms with Gasteiger partial charge in [-0.05, 0) is 82.1 Å². The number of hydrogen-bond donors (Lipinski definition) is 0. The van der Waals surface area contributed by atoms with Gasteiger partial charge in [0.25, 0.3) is 0 Å². The number of rotatable bonds is 5. The third-order valence-electron chi connectivity index (χ3n) is 11.2. The molecule has 3 aromatic heterocycles. The highest BCUT2D eigenvalue weighted by molar-refractivity contribution is 6.24. The number of fused-ring (bicyclic) bond motifs is 10. The monoisotopic (exact) mass is 717 g/mol. The summed E-state index contributed by atoms with van der Waals surface area (Å²) in [4.78, 5) is 2.27. The van der Waals surface area contributed by atoms with Crippen LogP contribution in [0.2, 0.25) is 0 Å². The van der Waals surface area contributed by atoms with E-state index in [2.05, 4.69) is 163 Å². The van der Waals surface area contributed by atoms with Crippen molar-refractivity contribution in [3.8, 4) is 22.3 Å². The van der Waals surface area contributed by atoms with Crippen LogP contribution in [0.1, 0.15) is 0 Å². The summed E-state index contributed by atoms with van der Waals surface area (Å²) in [5.41, 5.74) is 12.4. The Bertz CT molecular complexity index is 3480. The quantitative estimate of drug-likeness (QED) is 0.178. The summed E-state index contributed by atoms with van der Waals surface area (Å²) in [6.07, 6.45) is 0. The van der Waals surface area contributed by atoms with E-state index in [1.807, 2.05) is 30.3 Å². The first kappa shape index (κ1) is 30.9. The molecule has 262 valence electrons. The van der Waals surface area contributed by atoms with Gasteiger partial charge in [0.2, 0.25) is 0 Å². The molecule has 12 aromatic rings. The van der Waals surface area contributed by atoms with Crippen molar-refractivity contribution in [2.75, 3.05) is 4.90 Å². The zero-order valence-corrected chi connectivity index (χ0v) is 30.1. The molecule has 4 nitrogen and oxygen atoms in total. The van der Waals surface area contributed by atoms with Crippen molar-refractivity contribution < 1.29 is 13.3 Å². The summed E-state index contributed by atoms with van der Waals surface area (Å²) in [7, 11) is 0. The lowest BCUT2D eigenvalue weighted by atomic mass is 9.95. The van der Waals surface area contributed by atoms with Crippen molar-refractivity contribution in [3.05, 3.63) is 188 Å². The summed E-state index contributed by atoms with van der Waals surface area (Å²) in [6, 6.07) is 65.9. The smallest absolute Gasteiger partial charge is 0.159 e. The zero-order chi connectivity index (χ0) is 36.7. The van der Waals surface area contributed by atoms with Crippen LogP contribution in [0.3, 0.4) is 0 Å². The first-order valence-corrected chi connectivity index (χ1v) is 18.9. The number of nitrogens with zero attached hydrogens (tertiary/aromatic N) is 1. The molecule has 0 radical (unpaired) electrons. The maximum Gasteiger partial charge on any atom is 0.159 e. The predicted octanol–water partition coefficient (Wildman–Crippen LogP) is 15.3. The molecule has 0 saturated carbocycles. The Morgan fingerprint density at radius 1 is 0.321 bits per heavy atom. The topological polar surface area (TPSA) is 42.7 Å². The molecule has 9 aromatic carbocycles. The van der Waals surface area contributed by atoms with Crippen LogP contribution in [-0.2, 0) is 0 Å². The molecule has 56 heavy (non-hydrogen) atoms. The van der Waals surface area contributed by atoms with Crippen molar-refractivity contribution >= 4 is 93.7 Å². The minimum Gasteiger partial charge on any atom is -0.456 e. The average molecular weight is 718 g/mol. The van der Waals surface area contributed by atoms with Gasteiger partial charge in [-0.15, -0.1) is 0 Å². The van der Waals surface area contributed by atoms with E-state index in [-0.39, 0.29) is 0 Å². The van der Waals surface area contributed by atoms with E-state index >= 15 is 0 Å². The molecule has 0 N–H and O–H groups in total. The average Bonchev–Trinajstić information content (AvgIpc) is 3.95. The molecule has 0 fully saturated rings. The fourth-order valence-corrected chi connectivity index (χ4v) is 8.63. The van der Waals surface area contributed by atoms with Crippen molar-refractivity contribution in [1.29, 1.82) is 0 Å². The maximum atomic E-state index is 7.06. The van der Waals surface area contributed by atoms with Crippen LogP contribution in [0.15, 0.2) is 201 Å². The van der Waals surface area contributed by atoms with Crippen LogP contribution in [0.25, 0.3) is 98.8 Å². The third-order valence-corrected chi connectivity index (χ3v) is 11.2. The Balaban J connectivity index is 1.10. The van der Waals surface area contributed by atoms with Crippen LogP contribution in [0.5, 0.6) is 0 Å². The molecule has 3 heterocycles. The van der Waals surface area contributed by atoms with Gasteiger partial charge in [-0.25, -0.2) is 0 Å². The lowest BCUT2D eigenvalue weighted by Crippen LogP contribution is -2.10. The van der Waals surface area contributed by atoms with Crippen LogP contribution in [0, 0.1) is 0 Å². The molecule has 0 spiro atoms.